The summed E-state index contributed by atoms with van der Waals surface area (Å²) in [5, 5.41) is 8.70. The van der Waals surface area contributed by atoms with Crippen LogP contribution in [0.2, 0.25) is 0 Å². The summed E-state index contributed by atoms with van der Waals surface area (Å²) in [6, 6.07) is 2.63. The van der Waals surface area contributed by atoms with E-state index in [1.165, 1.54) is 0 Å². The van der Waals surface area contributed by atoms with E-state index in [9.17, 15) is 21.6 Å². The van der Waals surface area contributed by atoms with Gasteiger partial charge in [0.25, 0.3) is 0 Å². The Kier molecular flexibility index (Phi) is 3.30. The smallest absolute Gasteiger partial charge is 0.392 e. The molecule has 1 N–H and O–H groups in total. The average Bonchev–Trinajstić information content (AvgIpc) is 2.14. The Bertz CT molecular complexity index is 491. The van der Waals surface area contributed by atoms with E-state index in [1.807, 2.05) is 0 Å². The third-order valence-electron chi connectivity index (χ3n) is 1.93. The number of sulfone groups is 1. The fraction of sp³-hybridized carbons (Fsp3) is 0.333. The van der Waals surface area contributed by atoms with Gasteiger partial charge in [-0.1, -0.05) is 6.07 Å². The van der Waals surface area contributed by atoms with Gasteiger partial charge in [-0.2, -0.15) is 13.2 Å². The van der Waals surface area contributed by atoms with Crippen molar-refractivity contribution in [3.63, 3.8) is 0 Å². The first-order chi connectivity index (χ1) is 7.16. The van der Waals surface area contributed by atoms with Crippen molar-refractivity contribution in [3.8, 4) is 0 Å². The standard InChI is InChI=1S/C9H9F3O3S/c1-16(14,15)8-3-2-6(5-13)4-7(8)9(10,11)12/h2-4,13H,5H2,1H3. The second-order valence-electron chi connectivity index (χ2n) is 3.26. The van der Waals surface area contributed by atoms with Crippen LogP contribution in [0.5, 0.6) is 0 Å². The third-order valence-corrected chi connectivity index (χ3v) is 3.09. The van der Waals surface area contributed by atoms with Crippen molar-refractivity contribution in [3.05, 3.63) is 29.3 Å². The molecule has 0 fully saturated rings. The molecule has 90 valence electrons. The summed E-state index contributed by atoms with van der Waals surface area (Å²) in [7, 11) is -3.94. The van der Waals surface area contributed by atoms with Crippen LogP contribution in [0.3, 0.4) is 0 Å². The minimum atomic E-state index is -4.76. The normalized spacial score (nSPS) is 12.8. The van der Waals surface area contributed by atoms with Crippen molar-refractivity contribution in [2.45, 2.75) is 17.7 Å². The zero-order valence-corrected chi connectivity index (χ0v) is 9.06. The van der Waals surface area contributed by atoms with Crippen molar-refractivity contribution in [1.29, 1.82) is 0 Å². The number of halogens is 3. The second kappa shape index (κ2) is 4.06. The lowest BCUT2D eigenvalue weighted by atomic mass is 10.1. The monoisotopic (exact) mass is 254 g/mol. The van der Waals surface area contributed by atoms with Crippen molar-refractivity contribution >= 4 is 9.84 Å². The lowest BCUT2D eigenvalue weighted by molar-refractivity contribution is -0.139. The van der Waals surface area contributed by atoms with Gasteiger partial charge in [-0.05, 0) is 17.7 Å². The summed E-state index contributed by atoms with van der Waals surface area (Å²) in [6.45, 7) is -0.576. The van der Waals surface area contributed by atoms with Gasteiger partial charge in [-0.15, -0.1) is 0 Å². The molecule has 0 unspecified atom stereocenters. The maximum Gasteiger partial charge on any atom is 0.417 e. The summed E-state index contributed by atoms with van der Waals surface area (Å²) in [6.07, 6.45) is -4.06. The molecule has 0 aliphatic carbocycles. The molecule has 0 amide bonds. The first kappa shape index (κ1) is 13.0. The molecular weight excluding hydrogens is 245 g/mol. The first-order valence-electron chi connectivity index (χ1n) is 4.17. The van der Waals surface area contributed by atoms with Crippen LogP contribution >= 0.6 is 0 Å². The maximum absolute atomic E-state index is 12.5. The molecule has 16 heavy (non-hydrogen) atoms. The minimum absolute atomic E-state index is 0.0136. The third kappa shape index (κ3) is 2.73. The van der Waals surface area contributed by atoms with Gasteiger partial charge in [0.1, 0.15) is 0 Å². The molecule has 0 bridgehead atoms. The molecule has 0 atom stereocenters. The highest BCUT2D eigenvalue weighted by Gasteiger charge is 2.36. The second-order valence-corrected chi connectivity index (χ2v) is 5.24. The quantitative estimate of drug-likeness (QED) is 0.872. The van der Waals surface area contributed by atoms with Crippen LogP contribution in [0.4, 0.5) is 13.2 Å². The van der Waals surface area contributed by atoms with Gasteiger partial charge in [-0.3, -0.25) is 0 Å². The molecule has 1 aromatic rings. The average molecular weight is 254 g/mol. The zero-order valence-electron chi connectivity index (χ0n) is 8.25. The van der Waals surface area contributed by atoms with Gasteiger partial charge in [-0.25, -0.2) is 8.42 Å². The topological polar surface area (TPSA) is 54.4 Å². The molecule has 0 heterocycles. The van der Waals surface area contributed by atoms with E-state index in [4.69, 9.17) is 5.11 Å². The lowest BCUT2D eigenvalue weighted by Gasteiger charge is -2.12. The molecule has 0 saturated heterocycles. The van der Waals surface area contributed by atoms with Crippen molar-refractivity contribution in [1.82, 2.24) is 0 Å². The summed E-state index contributed by atoms with van der Waals surface area (Å²) in [5.41, 5.74) is -1.23. The van der Waals surface area contributed by atoms with E-state index < -0.39 is 33.1 Å². The van der Waals surface area contributed by atoms with Crippen molar-refractivity contribution in [2.75, 3.05) is 6.26 Å². The van der Waals surface area contributed by atoms with Crippen molar-refractivity contribution < 1.29 is 26.7 Å². The Hall–Kier alpha value is -1.08. The van der Waals surface area contributed by atoms with Gasteiger partial charge < -0.3 is 5.11 Å². The molecule has 3 nitrogen and oxygen atoms in total. The molecule has 1 aromatic carbocycles. The minimum Gasteiger partial charge on any atom is -0.392 e. The van der Waals surface area contributed by atoms with E-state index in [1.54, 1.807) is 0 Å². The molecule has 0 radical (unpaired) electrons. The van der Waals surface area contributed by atoms with Gasteiger partial charge in [0.2, 0.25) is 0 Å². The van der Waals surface area contributed by atoms with Crippen molar-refractivity contribution in [2.24, 2.45) is 0 Å². The van der Waals surface area contributed by atoms with Gasteiger partial charge >= 0.3 is 6.18 Å². The van der Waals surface area contributed by atoms with Gasteiger partial charge in [0, 0.05) is 6.26 Å². The highest BCUT2D eigenvalue weighted by Crippen LogP contribution is 2.34. The predicted molar refractivity (Wildman–Crippen MR) is 50.5 cm³/mol. The molecular formula is C9H9F3O3S. The zero-order chi connectivity index (χ0) is 12.6. The van der Waals surface area contributed by atoms with Crippen LogP contribution < -0.4 is 0 Å². The van der Waals surface area contributed by atoms with Crippen LogP contribution in [-0.2, 0) is 22.6 Å². The van der Waals surface area contributed by atoms with E-state index in [-0.39, 0.29) is 5.56 Å². The maximum atomic E-state index is 12.5. The molecule has 0 spiro atoms. The van der Waals surface area contributed by atoms with Gasteiger partial charge in [0.15, 0.2) is 9.84 Å². The van der Waals surface area contributed by atoms with E-state index in [0.29, 0.717) is 12.3 Å². The highest BCUT2D eigenvalue weighted by atomic mass is 32.2. The van der Waals surface area contributed by atoms with E-state index in [0.717, 1.165) is 12.1 Å². The SMILES string of the molecule is CS(=O)(=O)c1ccc(CO)cc1C(F)(F)F. The molecule has 0 saturated carbocycles. The lowest BCUT2D eigenvalue weighted by Crippen LogP contribution is -2.13. The van der Waals surface area contributed by atoms with E-state index >= 15 is 0 Å². The predicted octanol–water partition coefficient (Wildman–Crippen LogP) is 1.60. The largest absolute Gasteiger partial charge is 0.417 e. The first-order valence-corrected chi connectivity index (χ1v) is 6.06. The fourth-order valence-electron chi connectivity index (χ4n) is 1.22. The Morgan fingerprint density at radius 3 is 2.25 bits per heavy atom. The van der Waals surface area contributed by atoms with Crippen LogP contribution in [0.25, 0.3) is 0 Å². The number of rotatable bonds is 2. The number of aliphatic hydroxyl groups is 1. The number of aliphatic hydroxyl groups excluding tert-OH is 1. The van der Waals surface area contributed by atoms with Crippen LogP contribution in [0.15, 0.2) is 23.1 Å². The molecule has 0 aromatic heterocycles. The summed E-state index contributed by atoms with van der Waals surface area (Å²) in [4.78, 5) is -0.780. The molecule has 1 rings (SSSR count). The van der Waals surface area contributed by atoms with Gasteiger partial charge in [0.05, 0.1) is 17.1 Å². The molecule has 0 aliphatic heterocycles. The van der Waals surface area contributed by atoms with Crippen LogP contribution in [0.1, 0.15) is 11.1 Å². The Balaban J connectivity index is 3.52. The van der Waals surface area contributed by atoms with Crippen LogP contribution in [-0.4, -0.2) is 19.8 Å². The number of hydrogen-bond acceptors (Lipinski definition) is 3. The fourth-order valence-corrected chi connectivity index (χ4v) is 2.11. The number of hydrogen-bond donors (Lipinski definition) is 1. The summed E-state index contributed by atoms with van der Waals surface area (Å²) >= 11 is 0. The Labute approximate surface area is 90.4 Å². The summed E-state index contributed by atoms with van der Waals surface area (Å²) < 4.78 is 59.9. The highest BCUT2D eigenvalue weighted by molar-refractivity contribution is 7.90. The molecule has 7 heteroatoms. The Morgan fingerprint density at radius 2 is 1.88 bits per heavy atom. The molecule has 0 aliphatic rings. The van der Waals surface area contributed by atoms with Crippen LogP contribution in [0, 0.1) is 0 Å². The summed E-state index contributed by atoms with van der Waals surface area (Å²) in [5.74, 6) is 0. The number of benzene rings is 1. The Morgan fingerprint density at radius 1 is 1.31 bits per heavy atom. The number of alkyl halides is 3. The van der Waals surface area contributed by atoms with E-state index in [2.05, 4.69) is 0 Å².